The van der Waals surface area contributed by atoms with E-state index in [0.29, 0.717) is 79.9 Å². The number of oxazole rings is 1. The summed E-state index contributed by atoms with van der Waals surface area (Å²) in [4.78, 5) is 56.1. The Morgan fingerprint density at radius 3 is 2.38 bits per heavy atom. The first-order valence-electron chi connectivity index (χ1n) is 17.9. The number of hydrogen-bond donors (Lipinski definition) is 1. The highest BCUT2D eigenvalue weighted by atomic mass is 16.5. The van der Waals surface area contributed by atoms with Gasteiger partial charge in [-0.05, 0) is 63.4 Å². The average Bonchev–Trinajstić information content (AvgIpc) is 3.81. The first-order chi connectivity index (χ1) is 24.3. The predicted molar refractivity (Wildman–Crippen MR) is 188 cm³/mol. The molecular weight excluding hydrogens is 640 g/mol. The van der Waals surface area contributed by atoms with Crippen LogP contribution in [-0.2, 0) is 16.1 Å². The monoisotopic (exact) mass is 690 g/mol. The lowest BCUT2D eigenvalue weighted by Gasteiger charge is -2.36. The first-order valence-corrected chi connectivity index (χ1v) is 17.9. The van der Waals surface area contributed by atoms with Crippen molar-refractivity contribution < 1.29 is 33.0 Å². The van der Waals surface area contributed by atoms with Gasteiger partial charge in [-0.25, -0.2) is 9.97 Å². The normalized spacial score (nSPS) is 19.6. The minimum Gasteiger partial charge on any atom is -0.493 e. The van der Waals surface area contributed by atoms with Crippen molar-refractivity contribution in [3.8, 4) is 17.2 Å². The van der Waals surface area contributed by atoms with Gasteiger partial charge in [0, 0.05) is 62.7 Å². The molecule has 1 aliphatic carbocycles. The van der Waals surface area contributed by atoms with Crippen LogP contribution >= 0.6 is 0 Å². The van der Waals surface area contributed by atoms with Crippen molar-refractivity contribution in [1.82, 2.24) is 25.1 Å². The van der Waals surface area contributed by atoms with Gasteiger partial charge in [0.1, 0.15) is 11.6 Å². The number of carbonyl (C=O) groups excluding carboxylic acids is 3. The SMILES string of the molecule is COc1cc2nc3c(cc2c(OC)c1OC)CN(C(=O)c1ncoc1C)CCCCN(C(=O)CC1CCCC1)CC(=O)NCC1CCCN3C1. The van der Waals surface area contributed by atoms with Crippen LogP contribution in [0.4, 0.5) is 5.82 Å². The molecule has 3 aromatic rings. The van der Waals surface area contributed by atoms with Crippen LogP contribution < -0.4 is 24.4 Å². The summed E-state index contributed by atoms with van der Waals surface area (Å²) in [5.41, 5.74) is 1.79. The predicted octanol–water partition coefficient (Wildman–Crippen LogP) is 4.73. The van der Waals surface area contributed by atoms with Crippen molar-refractivity contribution in [3.63, 3.8) is 0 Å². The number of rotatable bonds is 6. The molecule has 1 atom stereocenters. The van der Waals surface area contributed by atoms with E-state index >= 15 is 0 Å². The number of fused-ring (bicyclic) bond motifs is 5. The average molecular weight is 691 g/mol. The summed E-state index contributed by atoms with van der Waals surface area (Å²) in [6.45, 7) is 4.87. The minimum atomic E-state index is -0.243. The molecule has 13 heteroatoms. The summed E-state index contributed by atoms with van der Waals surface area (Å²) < 4.78 is 22.6. The summed E-state index contributed by atoms with van der Waals surface area (Å²) in [5, 5.41) is 3.88. The molecular formula is C37H50N6O7. The number of pyridine rings is 1. The Morgan fingerprint density at radius 1 is 0.920 bits per heavy atom. The summed E-state index contributed by atoms with van der Waals surface area (Å²) in [5.74, 6) is 2.92. The Balaban J connectivity index is 1.38. The van der Waals surface area contributed by atoms with Crippen molar-refractivity contribution >= 4 is 34.4 Å². The smallest absolute Gasteiger partial charge is 0.276 e. The Morgan fingerprint density at radius 2 is 1.68 bits per heavy atom. The van der Waals surface area contributed by atoms with Gasteiger partial charge in [0.25, 0.3) is 5.91 Å². The van der Waals surface area contributed by atoms with Gasteiger partial charge < -0.3 is 38.6 Å². The third kappa shape index (κ3) is 7.76. The number of aryl methyl sites for hydroxylation is 1. The Bertz CT molecular complexity index is 1690. The summed E-state index contributed by atoms with van der Waals surface area (Å²) >= 11 is 0. The lowest BCUT2D eigenvalue weighted by Crippen LogP contribution is -2.46. The molecule has 270 valence electrons. The zero-order valence-corrected chi connectivity index (χ0v) is 29.8. The molecule has 3 aliphatic rings. The fourth-order valence-electron chi connectivity index (χ4n) is 7.73. The second-order valence-electron chi connectivity index (χ2n) is 13.8. The molecule has 1 N–H and O–H groups in total. The van der Waals surface area contributed by atoms with E-state index in [9.17, 15) is 14.4 Å². The molecule has 50 heavy (non-hydrogen) atoms. The van der Waals surface area contributed by atoms with Crippen LogP contribution in [0.5, 0.6) is 17.2 Å². The molecule has 1 unspecified atom stereocenters. The van der Waals surface area contributed by atoms with Crippen molar-refractivity contribution in [1.29, 1.82) is 0 Å². The van der Waals surface area contributed by atoms with E-state index in [2.05, 4.69) is 15.2 Å². The van der Waals surface area contributed by atoms with E-state index < -0.39 is 0 Å². The summed E-state index contributed by atoms with van der Waals surface area (Å²) in [6, 6.07) is 3.88. The van der Waals surface area contributed by atoms with E-state index in [0.717, 1.165) is 61.8 Å². The minimum absolute atomic E-state index is 0.0380. The topological polar surface area (TPSA) is 140 Å². The quantitative estimate of drug-likeness (QED) is 0.386. The lowest BCUT2D eigenvalue weighted by molar-refractivity contribution is -0.137. The van der Waals surface area contributed by atoms with Gasteiger partial charge in [0.15, 0.2) is 23.6 Å². The molecule has 0 radical (unpaired) electrons. The molecule has 4 heterocycles. The van der Waals surface area contributed by atoms with E-state index in [-0.39, 0.29) is 42.4 Å². The molecule has 13 nitrogen and oxygen atoms in total. The van der Waals surface area contributed by atoms with Gasteiger partial charge in [-0.15, -0.1) is 0 Å². The van der Waals surface area contributed by atoms with Gasteiger partial charge in [-0.3, -0.25) is 14.4 Å². The molecule has 6 rings (SSSR count). The molecule has 1 saturated carbocycles. The van der Waals surface area contributed by atoms with Crippen molar-refractivity contribution in [3.05, 3.63) is 35.5 Å². The zero-order chi connectivity index (χ0) is 35.2. The molecule has 2 aliphatic heterocycles. The van der Waals surface area contributed by atoms with Crippen LogP contribution in [-0.4, -0.2) is 98.1 Å². The van der Waals surface area contributed by atoms with Gasteiger partial charge >= 0.3 is 0 Å². The van der Waals surface area contributed by atoms with Gasteiger partial charge in [0.2, 0.25) is 17.6 Å². The Kier molecular flexibility index (Phi) is 11.3. The standard InChI is InChI=1S/C37H50N6O7/c1-24-33(39-23-50-24)37(46)43-14-8-7-13-41(32(45)16-25-10-5-6-11-25)22-31(44)38-19-26-12-9-15-42(20-26)36-27(21-43)17-28-29(40-36)18-30(47-2)35(49-4)34(28)48-3/h17-18,23,25-26H,5-16,19-22H2,1-4H3,(H,38,44). The van der Waals surface area contributed by atoms with Crippen molar-refractivity contribution in [2.75, 3.05) is 65.5 Å². The number of nitrogens with one attached hydrogen (secondary N) is 1. The number of piperidine rings is 1. The number of anilines is 1. The van der Waals surface area contributed by atoms with Gasteiger partial charge in [-0.1, -0.05) is 12.8 Å². The molecule has 1 aromatic carbocycles. The molecule has 2 fully saturated rings. The van der Waals surface area contributed by atoms with Crippen LogP contribution in [0.1, 0.15) is 79.6 Å². The van der Waals surface area contributed by atoms with Crippen LogP contribution in [0.2, 0.25) is 0 Å². The maximum Gasteiger partial charge on any atom is 0.276 e. The van der Waals surface area contributed by atoms with Crippen LogP contribution in [0, 0.1) is 18.8 Å². The number of ether oxygens (including phenoxy) is 3. The Hall–Kier alpha value is -4.55. The van der Waals surface area contributed by atoms with E-state index in [1.165, 1.54) is 6.39 Å². The largest absolute Gasteiger partial charge is 0.493 e. The third-order valence-electron chi connectivity index (χ3n) is 10.4. The first kappa shape index (κ1) is 35.3. The van der Waals surface area contributed by atoms with E-state index in [1.54, 1.807) is 38.1 Å². The molecule has 1 saturated heterocycles. The molecule has 2 bridgehead atoms. The van der Waals surface area contributed by atoms with E-state index in [1.807, 2.05) is 12.1 Å². The maximum absolute atomic E-state index is 14.1. The molecule has 0 spiro atoms. The number of nitrogens with zero attached hydrogens (tertiary/aromatic N) is 5. The fraction of sp³-hybridized carbons (Fsp3) is 0.595. The number of carbonyl (C=O) groups is 3. The number of amides is 3. The third-order valence-corrected chi connectivity index (χ3v) is 10.4. The van der Waals surface area contributed by atoms with Crippen LogP contribution in [0.3, 0.4) is 0 Å². The summed E-state index contributed by atoms with van der Waals surface area (Å²) in [7, 11) is 4.74. The molecule has 3 amide bonds. The lowest BCUT2D eigenvalue weighted by atomic mass is 9.97. The molecule has 2 aromatic heterocycles. The number of aromatic nitrogens is 2. The maximum atomic E-state index is 14.1. The number of hydrogen-bond acceptors (Lipinski definition) is 10. The zero-order valence-electron chi connectivity index (χ0n) is 29.8. The number of methoxy groups -OCH3 is 3. The highest BCUT2D eigenvalue weighted by Gasteiger charge is 2.30. The Labute approximate surface area is 293 Å². The number of benzene rings is 1. The van der Waals surface area contributed by atoms with Crippen molar-refractivity contribution in [2.45, 2.75) is 71.3 Å². The van der Waals surface area contributed by atoms with Crippen molar-refractivity contribution in [2.24, 2.45) is 11.8 Å². The van der Waals surface area contributed by atoms with Crippen LogP contribution in [0.25, 0.3) is 10.9 Å². The van der Waals surface area contributed by atoms with E-state index in [4.69, 9.17) is 23.6 Å². The van der Waals surface area contributed by atoms with Gasteiger partial charge in [0.05, 0.1) is 33.4 Å². The fourth-order valence-corrected chi connectivity index (χ4v) is 7.73. The second-order valence-corrected chi connectivity index (χ2v) is 13.8. The summed E-state index contributed by atoms with van der Waals surface area (Å²) in [6.07, 6.45) is 9.37. The highest BCUT2D eigenvalue weighted by molar-refractivity contribution is 5.94. The second kappa shape index (κ2) is 16.0. The van der Waals surface area contributed by atoms with Gasteiger partial charge in [-0.2, -0.15) is 0 Å². The van der Waals surface area contributed by atoms with Crippen LogP contribution in [0.15, 0.2) is 22.9 Å². The highest BCUT2D eigenvalue weighted by Crippen LogP contribution is 2.44.